The lowest BCUT2D eigenvalue weighted by atomic mass is 9.85. The zero-order valence-corrected chi connectivity index (χ0v) is 29.8. The summed E-state index contributed by atoms with van der Waals surface area (Å²) >= 11 is 12.9. The van der Waals surface area contributed by atoms with Crippen molar-refractivity contribution in [2.45, 2.75) is 91.9 Å². The van der Waals surface area contributed by atoms with E-state index in [4.69, 9.17) is 28.2 Å². The van der Waals surface area contributed by atoms with Gasteiger partial charge in [-0.1, -0.05) is 82.1 Å². The molecule has 252 valence electrons. The van der Waals surface area contributed by atoms with E-state index in [1.54, 1.807) is 18.2 Å². The molecule has 2 aliphatic rings. The third-order valence-corrected chi connectivity index (χ3v) is 9.17. The van der Waals surface area contributed by atoms with Gasteiger partial charge in [0.15, 0.2) is 5.82 Å². The average Bonchev–Trinajstić information content (AvgIpc) is 3.54. The van der Waals surface area contributed by atoms with Gasteiger partial charge >= 0.3 is 0 Å². The van der Waals surface area contributed by atoms with Crippen molar-refractivity contribution in [3.8, 4) is 0 Å². The normalized spacial score (nSPS) is 20.0. The molecule has 10 nitrogen and oxygen atoms in total. The van der Waals surface area contributed by atoms with Crippen molar-refractivity contribution in [2.75, 3.05) is 19.6 Å². The lowest BCUT2D eigenvalue weighted by Gasteiger charge is -2.42. The van der Waals surface area contributed by atoms with Gasteiger partial charge in [-0.05, 0) is 79.0 Å². The highest BCUT2D eigenvalue weighted by Gasteiger charge is 2.51. The van der Waals surface area contributed by atoms with E-state index in [1.807, 2.05) is 24.3 Å². The largest absolute Gasteiger partial charge is 0.345 e. The van der Waals surface area contributed by atoms with Gasteiger partial charge in [-0.2, -0.15) is 5.21 Å². The number of nitrogens with zero attached hydrogens (tertiary/aromatic N) is 6. The highest BCUT2D eigenvalue weighted by Crippen LogP contribution is 2.45. The van der Waals surface area contributed by atoms with Crippen LogP contribution in [0.25, 0.3) is 0 Å². The number of aromatic amines is 1. The summed E-state index contributed by atoms with van der Waals surface area (Å²) in [7, 11) is 0. The highest BCUT2D eigenvalue weighted by atomic mass is 35.5. The van der Waals surface area contributed by atoms with Gasteiger partial charge in [-0.3, -0.25) is 14.6 Å². The molecule has 1 fully saturated rings. The maximum atomic E-state index is 14.7. The molecule has 3 aromatic rings. The lowest BCUT2D eigenvalue weighted by Crippen LogP contribution is -2.49. The summed E-state index contributed by atoms with van der Waals surface area (Å²) in [6.45, 7) is 16.4. The Kier molecular flexibility index (Phi) is 10.4. The summed E-state index contributed by atoms with van der Waals surface area (Å²) in [4.78, 5) is 37.6. The summed E-state index contributed by atoms with van der Waals surface area (Å²) in [5.74, 6) is 0.0391. The third-order valence-electron chi connectivity index (χ3n) is 8.74. The molecule has 1 saturated heterocycles. The van der Waals surface area contributed by atoms with Crippen molar-refractivity contribution in [1.29, 1.82) is 0 Å². The van der Waals surface area contributed by atoms with E-state index in [9.17, 15) is 9.59 Å². The summed E-state index contributed by atoms with van der Waals surface area (Å²) in [5.41, 5.74) is 1.98. The van der Waals surface area contributed by atoms with Crippen LogP contribution in [0.2, 0.25) is 10.0 Å². The molecule has 47 heavy (non-hydrogen) atoms. The predicted octanol–water partition coefficient (Wildman–Crippen LogP) is 6.86. The molecule has 0 aliphatic carbocycles. The van der Waals surface area contributed by atoms with Crippen molar-refractivity contribution in [1.82, 2.24) is 35.7 Å². The molecule has 2 amide bonds. The maximum absolute atomic E-state index is 14.7. The van der Waals surface area contributed by atoms with Crippen LogP contribution in [0, 0.1) is 10.8 Å². The smallest absolute Gasteiger partial charge is 0.275 e. The molecule has 0 radical (unpaired) electrons. The Bertz CT molecular complexity index is 1570. The van der Waals surface area contributed by atoms with Gasteiger partial charge in [0.2, 0.25) is 0 Å². The van der Waals surface area contributed by atoms with Crippen LogP contribution in [0.4, 0.5) is 0 Å². The second-order valence-corrected chi connectivity index (χ2v) is 16.1. The molecule has 2 atom stereocenters. The van der Waals surface area contributed by atoms with Gasteiger partial charge in [0.25, 0.3) is 11.8 Å². The molecule has 1 unspecified atom stereocenters. The number of nitrogens with one attached hydrogen (secondary N) is 2. The molecule has 0 saturated carbocycles. The number of hydrogen-bond acceptors (Lipinski definition) is 7. The SMILES string of the molecule is CC(C)(C)CC[C@H](c1ccc(C(=O)NCc2nn[nH]n2)cc1)N1C(=O)C(c2cc(Cl)cc(Cl)c2)=NC12CCCN(CC(C)(C)C)CC2. The minimum atomic E-state index is -0.725. The Labute approximate surface area is 287 Å². The van der Waals surface area contributed by atoms with Gasteiger partial charge in [-0.15, -0.1) is 10.2 Å². The first-order valence-electron chi connectivity index (χ1n) is 16.4. The van der Waals surface area contributed by atoms with Crippen LogP contribution in [-0.4, -0.2) is 73.2 Å². The second kappa shape index (κ2) is 14.0. The van der Waals surface area contributed by atoms with Gasteiger partial charge in [-0.25, -0.2) is 0 Å². The monoisotopic (exact) mass is 680 g/mol. The van der Waals surface area contributed by atoms with E-state index in [-0.39, 0.29) is 35.2 Å². The Morgan fingerprint density at radius 2 is 1.70 bits per heavy atom. The Hall–Kier alpha value is -3.34. The number of tetrazole rings is 1. The molecule has 1 aromatic heterocycles. The summed E-state index contributed by atoms with van der Waals surface area (Å²) in [5, 5.41) is 17.5. The number of carbonyl (C=O) groups is 2. The van der Waals surface area contributed by atoms with Crippen molar-refractivity contribution >= 4 is 40.7 Å². The molecule has 5 rings (SSSR count). The van der Waals surface area contributed by atoms with E-state index in [1.165, 1.54) is 0 Å². The predicted molar refractivity (Wildman–Crippen MR) is 186 cm³/mol. The van der Waals surface area contributed by atoms with Crippen molar-refractivity contribution in [2.24, 2.45) is 15.8 Å². The minimum absolute atomic E-state index is 0.0420. The molecule has 2 aliphatic heterocycles. The van der Waals surface area contributed by atoms with Crippen LogP contribution in [0.15, 0.2) is 47.5 Å². The first kappa shape index (κ1) is 35.0. The Balaban J connectivity index is 1.52. The van der Waals surface area contributed by atoms with Crippen LogP contribution in [0.3, 0.4) is 0 Å². The van der Waals surface area contributed by atoms with Gasteiger partial charge in [0, 0.05) is 40.7 Å². The van der Waals surface area contributed by atoms with E-state index in [0.717, 1.165) is 57.3 Å². The second-order valence-electron chi connectivity index (χ2n) is 15.2. The van der Waals surface area contributed by atoms with Crippen LogP contribution in [-0.2, 0) is 11.3 Å². The number of benzene rings is 2. The summed E-state index contributed by atoms with van der Waals surface area (Å²) < 4.78 is 0. The maximum Gasteiger partial charge on any atom is 0.275 e. The van der Waals surface area contributed by atoms with E-state index in [0.29, 0.717) is 32.7 Å². The zero-order chi connectivity index (χ0) is 34.0. The first-order chi connectivity index (χ1) is 22.1. The molecule has 3 heterocycles. The molecular formula is C35H46Cl2N8O2. The number of aliphatic imine (C=N–C) groups is 1. The van der Waals surface area contributed by atoms with Crippen molar-refractivity contribution in [3.63, 3.8) is 0 Å². The molecule has 0 bridgehead atoms. The number of likely N-dealkylation sites (tertiary alicyclic amines) is 1. The van der Waals surface area contributed by atoms with Crippen LogP contribution >= 0.6 is 23.2 Å². The molecule has 2 aromatic carbocycles. The standard InChI is InChI=1S/C35H46Cl2N8O2/c1-33(2,3)14-12-28(23-8-10-24(11-9-23)31(46)38-21-29-40-42-43-41-29)45-32(47)30(25-18-26(36)20-27(37)19-25)39-35(45)13-7-16-44(17-15-35)22-34(4,5)6/h8-11,18-20,28H,7,12-17,21-22H2,1-6H3,(H,38,46)(H,40,41,42,43)/t28-,35?/m1/s1. The number of carbonyl (C=O) groups excluding carboxylic acids is 2. The quantitative estimate of drug-likeness (QED) is 0.255. The fourth-order valence-corrected chi connectivity index (χ4v) is 7.18. The fraction of sp³-hybridized carbons (Fsp3) is 0.543. The topological polar surface area (TPSA) is 119 Å². The van der Waals surface area contributed by atoms with Crippen LogP contribution in [0.1, 0.15) is 107 Å². The fourth-order valence-electron chi connectivity index (χ4n) is 6.65. The third kappa shape index (κ3) is 8.77. The number of amides is 2. The highest BCUT2D eigenvalue weighted by molar-refractivity contribution is 6.47. The first-order valence-corrected chi connectivity index (χ1v) is 17.1. The van der Waals surface area contributed by atoms with E-state index < -0.39 is 5.66 Å². The molecular weight excluding hydrogens is 635 g/mol. The minimum Gasteiger partial charge on any atom is -0.345 e. The Morgan fingerprint density at radius 3 is 2.32 bits per heavy atom. The summed E-state index contributed by atoms with van der Waals surface area (Å²) in [6.07, 6.45) is 4.01. The average molecular weight is 682 g/mol. The number of halogens is 2. The number of rotatable bonds is 9. The van der Waals surface area contributed by atoms with Crippen molar-refractivity contribution in [3.05, 3.63) is 75.0 Å². The van der Waals surface area contributed by atoms with Crippen molar-refractivity contribution < 1.29 is 9.59 Å². The summed E-state index contributed by atoms with van der Waals surface area (Å²) in [6, 6.07) is 12.5. The number of hydrogen-bond donors (Lipinski definition) is 2. The zero-order valence-electron chi connectivity index (χ0n) is 28.2. The van der Waals surface area contributed by atoms with E-state index in [2.05, 4.69) is 77.3 Å². The molecule has 1 spiro atoms. The lowest BCUT2D eigenvalue weighted by molar-refractivity contribution is -0.132. The van der Waals surface area contributed by atoms with Crippen LogP contribution < -0.4 is 5.32 Å². The number of H-pyrrole nitrogens is 1. The van der Waals surface area contributed by atoms with E-state index >= 15 is 0 Å². The van der Waals surface area contributed by atoms with Gasteiger partial charge in [0.05, 0.1) is 12.6 Å². The molecule has 2 N–H and O–H groups in total. The number of aromatic nitrogens is 4. The Morgan fingerprint density at radius 1 is 1.00 bits per heavy atom. The molecule has 12 heteroatoms. The van der Waals surface area contributed by atoms with Gasteiger partial charge in [0.1, 0.15) is 11.4 Å². The van der Waals surface area contributed by atoms with Crippen LogP contribution in [0.5, 0.6) is 0 Å². The van der Waals surface area contributed by atoms with Gasteiger partial charge < -0.3 is 15.1 Å².